The summed E-state index contributed by atoms with van der Waals surface area (Å²) in [7, 11) is 0. The molecule has 0 bridgehead atoms. The molecule has 1 heterocycles. The average Bonchev–Trinajstić information content (AvgIpc) is 2.73. The van der Waals surface area contributed by atoms with Crippen LogP contribution in [0, 0.1) is 5.82 Å². The second-order valence-electron chi connectivity index (χ2n) is 4.72. The number of benzene rings is 1. The summed E-state index contributed by atoms with van der Waals surface area (Å²) in [6.07, 6.45) is 0.0282. The Kier molecular flexibility index (Phi) is 4.17. The molecule has 0 aliphatic heterocycles. The van der Waals surface area contributed by atoms with Crippen LogP contribution in [0.15, 0.2) is 24.3 Å². The van der Waals surface area contributed by atoms with Crippen LogP contribution in [0.4, 0.5) is 4.39 Å². The van der Waals surface area contributed by atoms with Crippen LogP contribution in [0.3, 0.4) is 0 Å². The van der Waals surface area contributed by atoms with Gasteiger partial charge in [0.1, 0.15) is 5.82 Å². The van der Waals surface area contributed by atoms with Gasteiger partial charge in [-0.1, -0.05) is 6.07 Å². The number of thiophene rings is 1. The standard InChI is InChI=1S/C14H16FNO2S/c1-8(6-9(2)17)16-14(18)13-7-10-11(15)4-3-5-12(10)19-13/h3-5,7-9,17H,6H2,1-2H3,(H,16,18). The number of rotatable bonds is 4. The lowest BCUT2D eigenvalue weighted by molar-refractivity contribution is 0.0927. The number of carbonyl (C=O) groups excluding carboxylic acids is 1. The monoisotopic (exact) mass is 281 g/mol. The summed E-state index contributed by atoms with van der Waals surface area (Å²) >= 11 is 1.27. The zero-order chi connectivity index (χ0) is 14.0. The molecule has 2 rings (SSSR count). The Labute approximate surface area is 115 Å². The highest BCUT2D eigenvalue weighted by Crippen LogP contribution is 2.27. The molecule has 1 aromatic heterocycles. The largest absolute Gasteiger partial charge is 0.393 e. The molecule has 0 aliphatic rings. The fourth-order valence-corrected chi connectivity index (χ4v) is 2.98. The van der Waals surface area contributed by atoms with E-state index in [0.717, 1.165) is 4.70 Å². The van der Waals surface area contributed by atoms with Crippen LogP contribution in [0.1, 0.15) is 29.9 Å². The third-order valence-electron chi connectivity index (χ3n) is 2.80. The van der Waals surface area contributed by atoms with Gasteiger partial charge < -0.3 is 10.4 Å². The minimum atomic E-state index is -0.463. The molecule has 0 fully saturated rings. The van der Waals surface area contributed by atoms with E-state index in [0.29, 0.717) is 16.7 Å². The maximum Gasteiger partial charge on any atom is 0.261 e. The van der Waals surface area contributed by atoms with E-state index in [2.05, 4.69) is 5.32 Å². The Morgan fingerprint density at radius 2 is 2.21 bits per heavy atom. The number of aliphatic hydroxyl groups excluding tert-OH is 1. The van der Waals surface area contributed by atoms with E-state index in [4.69, 9.17) is 0 Å². The number of halogens is 1. The van der Waals surface area contributed by atoms with Gasteiger partial charge in [-0.15, -0.1) is 11.3 Å². The lowest BCUT2D eigenvalue weighted by Gasteiger charge is -2.14. The summed E-state index contributed by atoms with van der Waals surface area (Å²) in [5, 5.41) is 12.5. The van der Waals surface area contributed by atoms with Gasteiger partial charge >= 0.3 is 0 Å². The molecule has 0 saturated carbocycles. The Morgan fingerprint density at radius 1 is 1.47 bits per heavy atom. The fraction of sp³-hybridized carbons (Fsp3) is 0.357. The minimum Gasteiger partial charge on any atom is -0.393 e. The van der Waals surface area contributed by atoms with Gasteiger partial charge in [0.25, 0.3) is 5.91 Å². The maximum absolute atomic E-state index is 13.5. The Hall–Kier alpha value is -1.46. The summed E-state index contributed by atoms with van der Waals surface area (Å²) in [5.74, 6) is -0.543. The summed E-state index contributed by atoms with van der Waals surface area (Å²) in [5.41, 5.74) is 0. The Balaban J connectivity index is 2.15. The van der Waals surface area contributed by atoms with E-state index in [1.807, 2.05) is 6.92 Å². The molecule has 19 heavy (non-hydrogen) atoms. The van der Waals surface area contributed by atoms with Crippen LogP contribution in [0.5, 0.6) is 0 Å². The number of hydrogen-bond acceptors (Lipinski definition) is 3. The first kappa shape index (κ1) is 14.0. The second-order valence-corrected chi connectivity index (χ2v) is 5.81. The van der Waals surface area contributed by atoms with Gasteiger partial charge in [-0.25, -0.2) is 4.39 Å². The number of fused-ring (bicyclic) bond motifs is 1. The van der Waals surface area contributed by atoms with Crippen molar-refractivity contribution in [2.75, 3.05) is 0 Å². The Morgan fingerprint density at radius 3 is 2.84 bits per heavy atom. The smallest absolute Gasteiger partial charge is 0.261 e. The number of aliphatic hydroxyl groups is 1. The van der Waals surface area contributed by atoms with Crippen LogP contribution in [-0.2, 0) is 0 Å². The van der Waals surface area contributed by atoms with Gasteiger partial charge in [-0.2, -0.15) is 0 Å². The minimum absolute atomic E-state index is 0.123. The maximum atomic E-state index is 13.5. The number of nitrogens with one attached hydrogen (secondary N) is 1. The van der Waals surface area contributed by atoms with Gasteiger partial charge in [0.2, 0.25) is 0 Å². The highest BCUT2D eigenvalue weighted by atomic mass is 32.1. The van der Waals surface area contributed by atoms with Gasteiger partial charge in [-0.05, 0) is 38.5 Å². The van der Waals surface area contributed by atoms with Crippen molar-refractivity contribution < 1.29 is 14.3 Å². The molecule has 5 heteroatoms. The molecule has 3 nitrogen and oxygen atoms in total. The van der Waals surface area contributed by atoms with E-state index in [-0.39, 0.29) is 17.8 Å². The van der Waals surface area contributed by atoms with E-state index in [1.165, 1.54) is 17.4 Å². The van der Waals surface area contributed by atoms with Gasteiger partial charge in [0.15, 0.2) is 0 Å². The summed E-state index contributed by atoms with van der Waals surface area (Å²) in [4.78, 5) is 12.5. The van der Waals surface area contributed by atoms with Crippen LogP contribution in [-0.4, -0.2) is 23.2 Å². The molecular formula is C14H16FNO2S. The first-order chi connectivity index (χ1) is 8.97. The number of hydrogen-bond donors (Lipinski definition) is 2. The van der Waals surface area contributed by atoms with Gasteiger partial charge in [0, 0.05) is 16.1 Å². The topological polar surface area (TPSA) is 49.3 Å². The van der Waals surface area contributed by atoms with Crippen LogP contribution in [0.25, 0.3) is 10.1 Å². The summed E-state index contributed by atoms with van der Waals surface area (Å²) in [6.45, 7) is 3.51. The molecule has 1 amide bonds. The predicted octanol–water partition coefficient (Wildman–Crippen LogP) is 2.93. The quantitative estimate of drug-likeness (QED) is 0.905. The van der Waals surface area contributed by atoms with E-state index in [9.17, 15) is 14.3 Å². The SMILES string of the molecule is CC(O)CC(C)NC(=O)c1cc2c(F)cccc2s1. The molecule has 0 aliphatic carbocycles. The molecule has 2 aromatic rings. The molecular weight excluding hydrogens is 265 g/mol. The number of carbonyl (C=O) groups is 1. The zero-order valence-electron chi connectivity index (χ0n) is 10.8. The molecule has 102 valence electrons. The molecule has 2 unspecified atom stereocenters. The lowest BCUT2D eigenvalue weighted by atomic mass is 10.1. The van der Waals surface area contributed by atoms with Crippen molar-refractivity contribution in [3.63, 3.8) is 0 Å². The molecule has 2 N–H and O–H groups in total. The number of amides is 1. The zero-order valence-corrected chi connectivity index (χ0v) is 11.6. The van der Waals surface area contributed by atoms with E-state index in [1.54, 1.807) is 25.1 Å². The summed E-state index contributed by atoms with van der Waals surface area (Å²) < 4.78 is 14.3. The molecule has 1 aromatic carbocycles. The summed E-state index contributed by atoms with van der Waals surface area (Å²) in [6, 6.07) is 6.25. The fourth-order valence-electron chi connectivity index (χ4n) is 2.00. The van der Waals surface area contributed by atoms with Crippen molar-refractivity contribution in [3.8, 4) is 0 Å². The predicted molar refractivity (Wildman–Crippen MR) is 75.0 cm³/mol. The van der Waals surface area contributed by atoms with Crippen molar-refractivity contribution in [2.24, 2.45) is 0 Å². The highest BCUT2D eigenvalue weighted by Gasteiger charge is 2.15. The molecule has 0 saturated heterocycles. The normalized spacial score (nSPS) is 14.3. The van der Waals surface area contributed by atoms with E-state index >= 15 is 0 Å². The highest BCUT2D eigenvalue weighted by molar-refractivity contribution is 7.20. The van der Waals surface area contributed by atoms with Gasteiger partial charge in [0.05, 0.1) is 11.0 Å². The third kappa shape index (κ3) is 3.30. The Bertz CT molecular complexity index is 594. The van der Waals surface area contributed by atoms with Crippen molar-refractivity contribution in [2.45, 2.75) is 32.4 Å². The second kappa shape index (κ2) is 5.67. The third-order valence-corrected chi connectivity index (χ3v) is 3.90. The van der Waals surface area contributed by atoms with Crippen molar-refractivity contribution >= 4 is 27.3 Å². The first-order valence-electron chi connectivity index (χ1n) is 6.14. The first-order valence-corrected chi connectivity index (χ1v) is 6.96. The lowest BCUT2D eigenvalue weighted by Crippen LogP contribution is -2.34. The van der Waals surface area contributed by atoms with Crippen molar-refractivity contribution in [3.05, 3.63) is 35.0 Å². The van der Waals surface area contributed by atoms with Crippen LogP contribution >= 0.6 is 11.3 Å². The average molecular weight is 281 g/mol. The van der Waals surface area contributed by atoms with Crippen molar-refractivity contribution in [1.82, 2.24) is 5.32 Å². The van der Waals surface area contributed by atoms with Crippen LogP contribution in [0.2, 0.25) is 0 Å². The van der Waals surface area contributed by atoms with Gasteiger partial charge in [-0.3, -0.25) is 4.79 Å². The molecule has 0 spiro atoms. The molecule has 2 atom stereocenters. The van der Waals surface area contributed by atoms with Crippen LogP contribution < -0.4 is 5.32 Å². The van der Waals surface area contributed by atoms with Crippen molar-refractivity contribution in [1.29, 1.82) is 0 Å². The van der Waals surface area contributed by atoms with E-state index < -0.39 is 6.10 Å². The molecule has 0 radical (unpaired) electrons.